The fourth-order valence-corrected chi connectivity index (χ4v) is 9.39. The van der Waals surface area contributed by atoms with Gasteiger partial charge in [0.2, 0.25) is 0 Å². The molecule has 0 N–H and O–H groups in total. The van der Waals surface area contributed by atoms with Gasteiger partial charge in [0, 0.05) is 0 Å². The zero-order valence-electron chi connectivity index (χ0n) is 31.8. The topological polar surface area (TPSA) is 0 Å². The van der Waals surface area contributed by atoms with Crippen LogP contribution in [0.4, 0.5) is 0 Å². The van der Waals surface area contributed by atoms with Crippen LogP contribution in [0.25, 0.3) is 5.57 Å². The molecule has 0 saturated heterocycles. The monoisotopic (exact) mass is 659 g/mol. The first kappa shape index (κ1) is 37.7. The van der Waals surface area contributed by atoms with E-state index in [2.05, 4.69) is 106 Å². The summed E-state index contributed by atoms with van der Waals surface area (Å²) in [6, 6.07) is 30.7. The van der Waals surface area contributed by atoms with E-state index in [0.29, 0.717) is 11.8 Å². The van der Waals surface area contributed by atoms with Crippen molar-refractivity contribution in [1.82, 2.24) is 0 Å². The van der Waals surface area contributed by atoms with Gasteiger partial charge in [0.1, 0.15) is 0 Å². The van der Waals surface area contributed by atoms with E-state index in [1.54, 1.807) is 11.1 Å². The standard InChI is InChI=1S/C49H70/c1-5-7-10-16-40-21-25-45(26-22-40)47-33-29-42(30-34-47)38(3)15-14-20-49(44-18-12-9-13-19-44)37-39(4)43-31-35-48(36-32-43)46-27-23-41(24-28-46)17-11-8-6-2/h9,12-13,18-19,29-36,38,40-41,45-46,49H,4-8,10-11,14-17,20-28,37H2,1-3H3. The highest BCUT2D eigenvalue weighted by atomic mass is 14.3. The van der Waals surface area contributed by atoms with Crippen LogP contribution in [0.3, 0.4) is 0 Å². The van der Waals surface area contributed by atoms with E-state index in [1.807, 2.05) is 0 Å². The predicted octanol–water partition coefficient (Wildman–Crippen LogP) is 15.6. The van der Waals surface area contributed by atoms with Crippen LogP contribution in [-0.2, 0) is 0 Å². The van der Waals surface area contributed by atoms with Crippen LogP contribution in [0, 0.1) is 11.8 Å². The minimum atomic E-state index is 0.517. The molecule has 0 aliphatic heterocycles. The molecule has 2 fully saturated rings. The van der Waals surface area contributed by atoms with Gasteiger partial charge in [-0.15, -0.1) is 0 Å². The van der Waals surface area contributed by atoms with Crippen molar-refractivity contribution in [2.75, 3.05) is 0 Å². The fourth-order valence-electron chi connectivity index (χ4n) is 9.39. The van der Waals surface area contributed by atoms with E-state index in [-0.39, 0.29) is 0 Å². The number of benzene rings is 3. The van der Waals surface area contributed by atoms with Crippen LogP contribution in [-0.4, -0.2) is 0 Å². The molecule has 0 amide bonds. The maximum Gasteiger partial charge on any atom is -0.0121 e. The van der Waals surface area contributed by atoms with Gasteiger partial charge in [-0.3, -0.25) is 0 Å². The molecule has 0 aromatic heterocycles. The number of rotatable bonds is 19. The molecule has 0 bridgehead atoms. The van der Waals surface area contributed by atoms with Crippen LogP contribution in [0.1, 0.15) is 201 Å². The molecule has 2 atom stereocenters. The molecular weight excluding hydrogens is 589 g/mol. The summed E-state index contributed by atoms with van der Waals surface area (Å²) in [5, 5.41) is 0. The Balaban J connectivity index is 1.09. The smallest absolute Gasteiger partial charge is 0.0121 e. The van der Waals surface area contributed by atoms with Gasteiger partial charge in [-0.2, -0.15) is 0 Å². The molecule has 0 spiro atoms. The van der Waals surface area contributed by atoms with Crippen molar-refractivity contribution in [3.8, 4) is 0 Å². The number of hydrogen-bond acceptors (Lipinski definition) is 0. The van der Waals surface area contributed by atoms with Crippen LogP contribution in [0.5, 0.6) is 0 Å². The summed E-state index contributed by atoms with van der Waals surface area (Å²) in [4.78, 5) is 0. The summed E-state index contributed by atoms with van der Waals surface area (Å²) < 4.78 is 0. The fraction of sp³-hybridized carbons (Fsp3) is 0.592. The first-order valence-corrected chi connectivity index (χ1v) is 21.0. The van der Waals surface area contributed by atoms with E-state index in [4.69, 9.17) is 0 Å². The summed E-state index contributed by atoms with van der Waals surface area (Å²) in [6.45, 7) is 11.7. The molecule has 2 aliphatic rings. The SMILES string of the molecule is C=C(CC(CCCC(C)c1ccc(C2CCC(CCCCC)CC2)cc1)c1ccccc1)c1ccc(C2CCC(CCCCC)CC2)cc1. The molecule has 49 heavy (non-hydrogen) atoms. The Kier molecular flexibility index (Phi) is 15.6. The van der Waals surface area contributed by atoms with Crippen molar-refractivity contribution >= 4 is 5.57 Å². The average molecular weight is 659 g/mol. The van der Waals surface area contributed by atoms with Gasteiger partial charge in [0.05, 0.1) is 0 Å². The molecule has 5 rings (SSSR count). The molecule has 0 nitrogen and oxygen atoms in total. The Labute approximate surface area is 302 Å². The lowest BCUT2D eigenvalue weighted by Gasteiger charge is -2.29. The molecule has 2 aliphatic carbocycles. The number of unbranched alkanes of at least 4 members (excludes halogenated alkanes) is 4. The van der Waals surface area contributed by atoms with Crippen molar-refractivity contribution in [1.29, 1.82) is 0 Å². The van der Waals surface area contributed by atoms with Gasteiger partial charge < -0.3 is 0 Å². The van der Waals surface area contributed by atoms with E-state index < -0.39 is 0 Å². The maximum atomic E-state index is 4.64. The molecule has 2 saturated carbocycles. The van der Waals surface area contributed by atoms with E-state index in [0.717, 1.165) is 30.1 Å². The maximum absolute atomic E-state index is 4.64. The summed E-state index contributed by atoms with van der Waals surface area (Å²) in [5.41, 5.74) is 8.74. The third-order valence-corrected chi connectivity index (χ3v) is 12.8. The summed E-state index contributed by atoms with van der Waals surface area (Å²) >= 11 is 0. The highest BCUT2D eigenvalue weighted by molar-refractivity contribution is 5.64. The van der Waals surface area contributed by atoms with Crippen LogP contribution in [0.15, 0.2) is 85.4 Å². The minimum Gasteiger partial charge on any atom is -0.0952 e. The summed E-state index contributed by atoms with van der Waals surface area (Å²) in [7, 11) is 0. The van der Waals surface area contributed by atoms with Crippen molar-refractivity contribution < 1.29 is 0 Å². The molecular formula is C49H70. The number of allylic oxidation sites excluding steroid dienone is 1. The highest BCUT2D eigenvalue weighted by Gasteiger charge is 2.24. The zero-order valence-corrected chi connectivity index (χ0v) is 31.8. The van der Waals surface area contributed by atoms with Gasteiger partial charge in [0.15, 0.2) is 0 Å². The summed E-state index contributed by atoms with van der Waals surface area (Å²) in [6.07, 6.45) is 27.3. The quantitative estimate of drug-likeness (QED) is 0.112. The Morgan fingerprint density at radius 3 is 1.59 bits per heavy atom. The van der Waals surface area contributed by atoms with E-state index >= 15 is 0 Å². The van der Waals surface area contributed by atoms with Crippen molar-refractivity contribution in [2.24, 2.45) is 11.8 Å². The molecule has 0 radical (unpaired) electrons. The molecule has 266 valence electrons. The second-order valence-corrected chi connectivity index (χ2v) is 16.5. The lowest BCUT2D eigenvalue weighted by Crippen LogP contribution is -2.13. The molecule has 0 heterocycles. The lowest BCUT2D eigenvalue weighted by molar-refractivity contribution is 0.303. The van der Waals surface area contributed by atoms with Gasteiger partial charge >= 0.3 is 0 Å². The molecule has 0 heteroatoms. The Bertz CT molecular complexity index is 1320. The third-order valence-electron chi connectivity index (χ3n) is 12.8. The van der Waals surface area contributed by atoms with E-state index in [9.17, 15) is 0 Å². The normalized spacial score (nSPS) is 22.4. The van der Waals surface area contributed by atoms with Crippen LogP contribution in [0.2, 0.25) is 0 Å². The predicted molar refractivity (Wildman–Crippen MR) is 216 cm³/mol. The first-order chi connectivity index (χ1) is 24.0. The van der Waals surface area contributed by atoms with Crippen molar-refractivity contribution in [3.05, 3.63) is 113 Å². The second kappa shape index (κ2) is 20.3. The molecule has 3 aromatic rings. The molecule has 2 unspecified atom stereocenters. The average Bonchev–Trinajstić information content (AvgIpc) is 3.15. The lowest BCUT2D eigenvalue weighted by atomic mass is 9.76. The third kappa shape index (κ3) is 11.7. The first-order valence-electron chi connectivity index (χ1n) is 21.0. The molecule has 3 aromatic carbocycles. The van der Waals surface area contributed by atoms with Crippen molar-refractivity contribution in [3.63, 3.8) is 0 Å². The Morgan fingerprint density at radius 1 is 0.571 bits per heavy atom. The largest absolute Gasteiger partial charge is 0.0952 e. The Morgan fingerprint density at radius 2 is 1.08 bits per heavy atom. The van der Waals surface area contributed by atoms with Crippen LogP contribution >= 0.6 is 0 Å². The minimum absolute atomic E-state index is 0.517. The Hall–Kier alpha value is -2.60. The van der Waals surface area contributed by atoms with Crippen LogP contribution < -0.4 is 0 Å². The number of hydrogen-bond donors (Lipinski definition) is 0. The van der Waals surface area contributed by atoms with Gasteiger partial charge in [-0.1, -0.05) is 164 Å². The van der Waals surface area contributed by atoms with E-state index in [1.165, 1.54) is 144 Å². The van der Waals surface area contributed by atoms with Gasteiger partial charge in [-0.05, 0) is 140 Å². The zero-order chi connectivity index (χ0) is 34.3. The summed E-state index contributed by atoms with van der Waals surface area (Å²) in [5.74, 6) is 4.60. The van der Waals surface area contributed by atoms with Gasteiger partial charge in [0.25, 0.3) is 0 Å². The van der Waals surface area contributed by atoms with Gasteiger partial charge in [-0.25, -0.2) is 0 Å². The highest BCUT2D eigenvalue weighted by Crippen LogP contribution is 2.40. The van der Waals surface area contributed by atoms with Crippen molar-refractivity contribution in [2.45, 2.75) is 173 Å². The second-order valence-electron chi connectivity index (χ2n) is 16.5.